The second kappa shape index (κ2) is 11.5. The van der Waals surface area contributed by atoms with E-state index in [9.17, 15) is 5.11 Å². The predicted octanol–water partition coefficient (Wildman–Crippen LogP) is 2.90. The number of halogens is 1. The number of ether oxygens (including phenoxy) is 1. The fourth-order valence-electron chi connectivity index (χ4n) is 3.37. The van der Waals surface area contributed by atoms with Gasteiger partial charge in [0.1, 0.15) is 11.5 Å². The van der Waals surface area contributed by atoms with Crippen molar-refractivity contribution in [3.8, 4) is 11.5 Å². The number of aliphatic imine (C=N–C) groups is 1. The van der Waals surface area contributed by atoms with E-state index < -0.39 is 0 Å². The number of benzene rings is 1. The summed E-state index contributed by atoms with van der Waals surface area (Å²) in [6, 6.07) is 5.82. The van der Waals surface area contributed by atoms with Gasteiger partial charge in [0.25, 0.3) is 0 Å². The van der Waals surface area contributed by atoms with E-state index in [0.717, 1.165) is 36.9 Å². The van der Waals surface area contributed by atoms with Crippen molar-refractivity contribution in [2.24, 2.45) is 4.99 Å². The fraction of sp³-hybridized carbons (Fsp3) is 0.632. The summed E-state index contributed by atoms with van der Waals surface area (Å²) >= 11 is 0. The van der Waals surface area contributed by atoms with Crippen LogP contribution in [0.15, 0.2) is 23.2 Å². The smallest absolute Gasteiger partial charge is 0.194 e. The first-order valence-corrected chi connectivity index (χ1v) is 9.18. The predicted molar refractivity (Wildman–Crippen MR) is 118 cm³/mol. The Hall–Kier alpha value is -1.22. The number of phenolic OH excluding ortho intramolecular Hbond substituents is 1. The normalized spacial score (nSPS) is 17.7. The Labute approximate surface area is 174 Å². The van der Waals surface area contributed by atoms with Gasteiger partial charge in [-0.05, 0) is 51.1 Å². The minimum atomic E-state index is 0. The number of nitrogens with one attached hydrogen (secondary N) is 1. The number of hydrogen-bond donors (Lipinski definition) is 2. The summed E-state index contributed by atoms with van der Waals surface area (Å²) in [5, 5.41) is 13.4. The third-order valence-corrected chi connectivity index (χ3v) is 4.77. The van der Waals surface area contributed by atoms with Gasteiger partial charge in [-0.3, -0.25) is 4.90 Å². The lowest BCUT2D eigenvalue weighted by atomic mass is 10.2. The first-order valence-electron chi connectivity index (χ1n) is 9.18. The number of likely N-dealkylation sites (N-methyl/N-ethyl adjacent to an activating group) is 2. The zero-order chi connectivity index (χ0) is 18.2. The average molecular weight is 476 g/mol. The molecule has 0 spiro atoms. The molecule has 0 radical (unpaired) electrons. The van der Waals surface area contributed by atoms with Crippen molar-refractivity contribution in [1.82, 2.24) is 15.1 Å². The van der Waals surface area contributed by atoms with Gasteiger partial charge >= 0.3 is 0 Å². The van der Waals surface area contributed by atoms with Gasteiger partial charge in [-0.25, -0.2) is 4.99 Å². The van der Waals surface area contributed by atoms with E-state index in [0.29, 0.717) is 12.6 Å². The summed E-state index contributed by atoms with van der Waals surface area (Å²) in [6.45, 7) is 8.78. The topological polar surface area (TPSA) is 60.3 Å². The largest absolute Gasteiger partial charge is 0.508 e. The van der Waals surface area contributed by atoms with Crippen LogP contribution >= 0.6 is 24.0 Å². The molecule has 1 heterocycles. The molecule has 1 fully saturated rings. The second-order valence-corrected chi connectivity index (χ2v) is 6.47. The summed E-state index contributed by atoms with van der Waals surface area (Å²) in [4.78, 5) is 9.44. The number of guanidine groups is 1. The van der Waals surface area contributed by atoms with Crippen molar-refractivity contribution < 1.29 is 9.84 Å². The van der Waals surface area contributed by atoms with Crippen molar-refractivity contribution in [3.05, 3.63) is 23.8 Å². The third kappa shape index (κ3) is 6.19. The first kappa shape index (κ1) is 22.8. The van der Waals surface area contributed by atoms with Gasteiger partial charge in [-0.2, -0.15) is 0 Å². The Morgan fingerprint density at radius 1 is 1.42 bits per heavy atom. The van der Waals surface area contributed by atoms with E-state index in [1.807, 2.05) is 6.07 Å². The van der Waals surface area contributed by atoms with Gasteiger partial charge in [-0.15, -0.1) is 24.0 Å². The number of nitrogens with zero attached hydrogens (tertiary/aromatic N) is 3. The van der Waals surface area contributed by atoms with E-state index in [1.165, 1.54) is 19.4 Å². The summed E-state index contributed by atoms with van der Waals surface area (Å²) in [7, 11) is 3.71. The minimum Gasteiger partial charge on any atom is -0.508 e. The summed E-state index contributed by atoms with van der Waals surface area (Å²) in [6.07, 6.45) is 2.52. The van der Waals surface area contributed by atoms with Crippen molar-refractivity contribution in [1.29, 1.82) is 0 Å². The molecule has 26 heavy (non-hydrogen) atoms. The van der Waals surface area contributed by atoms with Crippen LogP contribution in [0.2, 0.25) is 0 Å². The second-order valence-electron chi connectivity index (χ2n) is 6.47. The van der Waals surface area contributed by atoms with Crippen LogP contribution in [-0.4, -0.2) is 67.2 Å². The van der Waals surface area contributed by atoms with Gasteiger partial charge in [0.2, 0.25) is 0 Å². The number of phenols is 1. The van der Waals surface area contributed by atoms with Crippen molar-refractivity contribution in [3.63, 3.8) is 0 Å². The zero-order valence-electron chi connectivity index (χ0n) is 16.4. The molecule has 2 rings (SSSR count). The molecule has 7 heteroatoms. The third-order valence-electron chi connectivity index (χ3n) is 4.77. The highest BCUT2D eigenvalue weighted by molar-refractivity contribution is 14.0. The molecule has 0 aromatic heterocycles. The summed E-state index contributed by atoms with van der Waals surface area (Å²) in [5.74, 6) is 1.84. The molecular weight excluding hydrogens is 443 g/mol. The quantitative estimate of drug-likeness (QED) is 0.360. The molecule has 0 amide bonds. The maximum absolute atomic E-state index is 10.0. The summed E-state index contributed by atoms with van der Waals surface area (Å²) < 4.78 is 5.23. The fourth-order valence-corrected chi connectivity index (χ4v) is 3.37. The Balaban J connectivity index is 0.00000338. The van der Waals surface area contributed by atoms with Crippen molar-refractivity contribution in [2.45, 2.75) is 39.3 Å². The molecule has 1 aromatic rings. The van der Waals surface area contributed by atoms with E-state index >= 15 is 0 Å². The molecule has 6 nitrogen and oxygen atoms in total. The molecule has 0 aliphatic carbocycles. The van der Waals surface area contributed by atoms with Crippen molar-refractivity contribution in [2.75, 3.05) is 40.3 Å². The van der Waals surface area contributed by atoms with Gasteiger partial charge in [-0.1, -0.05) is 6.92 Å². The molecule has 2 N–H and O–H groups in total. The number of likely N-dealkylation sites (tertiary alicyclic amines) is 1. The van der Waals surface area contributed by atoms with E-state index in [1.54, 1.807) is 19.2 Å². The molecule has 148 valence electrons. The molecule has 0 saturated carbocycles. The van der Waals surface area contributed by atoms with Crippen LogP contribution in [0.3, 0.4) is 0 Å². The molecule has 1 aliphatic rings. The lowest BCUT2D eigenvalue weighted by Crippen LogP contribution is -2.45. The lowest BCUT2D eigenvalue weighted by Gasteiger charge is -2.29. The highest BCUT2D eigenvalue weighted by Crippen LogP contribution is 2.23. The zero-order valence-corrected chi connectivity index (χ0v) is 18.7. The number of methoxy groups -OCH3 is 1. The highest BCUT2D eigenvalue weighted by Gasteiger charge is 2.24. The van der Waals surface area contributed by atoms with E-state index in [-0.39, 0.29) is 29.7 Å². The van der Waals surface area contributed by atoms with Crippen LogP contribution in [0.25, 0.3) is 0 Å². The Kier molecular flexibility index (Phi) is 10.1. The Morgan fingerprint density at radius 3 is 2.85 bits per heavy atom. The number of hydrogen-bond acceptors (Lipinski definition) is 4. The minimum absolute atomic E-state index is 0. The van der Waals surface area contributed by atoms with Crippen molar-refractivity contribution >= 4 is 29.9 Å². The van der Waals surface area contributed by atoms with Gasteiger partial charge in [0.05, 0.1) is 13.7 Å². The first-order chi connectivity index (χ1) is 12.1. The van der Waals surface area contributed by atoms with Crippen LogP contribution in [0.5, 0.6) is 11.5 Å². The lowest BCUT2D eigenvalue weighted by molar-refractivity contribution is 0.232. The molecule has 0 bridgehead atoms. The molecule has 1 aromatic carbocycles. The van der Waals surface area contributed by atoms with Crippen LogP contribution in [0, 0.1) is 0 Å². The summed E-state index contributed by atoms with van der Waals surface area (Å²) in [5.41, 5.74) is 0.763. The van der Waals surface area contributed by atoms with E-state index in [2.05, 4.69) is 36.0 Å². The molecule has 1 saturated heterocycles. The van der Waals surface area contributed by atoms with Gasteiger partial charge < -0.3 is 20.1 Å². The highest BCUT2D eigenvalue weighted by atomic mass is 127. The molecule has 1 aliphatic heterocycles. The van der Waals surface area contributed by atoms with Crippen LogP contribution in [0.1, 0.15) is 32.3 Å². The standard InChI is InChI=1S/C19H32N4O2.HI/c1-5-20-19(22(3)14-16-8-7-11-23(16)6-2)21-13-15-12-17(25-4)9-10-18(15)24;/h9-10,12,16,24H,5-8,11,13-14H2,1-4H3,(H,20,21);1H. The maximum atomic E-state index is 10.0. The monoisotopic (exact) mass is 476 g/mol. The molecule has 1 unspecified atom stereocenters. The molecular formula is C19H33IN4O2. The number of rotatable bonds is 7. The van der Waals surface area contributed by atoms with Crippen LogP contribution < -0.4 is 10.1 Å². The SMILES string of the molecule is CCNC(=NCc1cc(OC)ccc1O)N(C)CC1CCCN1CC.I. The Bertz CT molecular complexity index is 583. The average Bonchev–Trinajstić information content (AvgIpc) is 3.06. The maximum Gasteiger partial charge on any atom is 0.194 e. The van der Waals surface area contributed by atoms with Gasteiger partial charge in [0, 0.05) is 31.7 Å². The van der Waals surface area contributed by atoms with E-state index in [4.69, 9.17) is 9.73 Å². The Morgan fingerprint density at radius 2 is 2.19 bits per heavy atom. The van der Waals surface area contributed by atoms with Crippen LogP contribution in [-0.2, 0) is 6.54 Å². The van der Waals surface area contributed by atoms with Crippen LogP contribution in [0.4, 0.5) is 0 Å². The van der Waals surface area contributed by atoms with Gasteiger partial charge in [0.15, 0.2) is 5.96 Å². The number of aromatic hydroxyl groups is 1. The molecule has 1 atom stereocenters.